The lowest BCUT2D eigenvalue weighted by Gasteiger charge is -2.17. The Hall–Kier alpha value is -3.09. The second-order valence-electron chi connectivity index (χ2n) is 5.95. The van der Waals surface area contributed by atoms with Crippen LogP contribution in [-0.2, 0) is 16.0 Å². The highest BCUT2D eigenvalue weighted by Gasteiger charge is 2.35. The fraction of sp³-hybridized carbons (Fsp3) is 0.278. The number of hydrogen-bond acceptors (Lipinski definition) is 3. The molecule has 1 saturated heterocycles. The summed E-state index contributed by atoms with van der Waals surface area (Å²) < 4.78 is 0. The summed E-state index contributed by atoms with van der Waals surface area (Å²) in [7, 11) is 0. The van der Waals surface area contributed by atoms with Gasteiger partial charge in [0, 0.05) is 24.8 Å². The molecule has 2 heterocycles. The van der Waals surface area contributed by atoms with E-state index in [0.717, 1.165) is 12.1 Å². The van der Waals surface area contributed by atoms with Gasteiger partial charge in [-0.3, -0.25) is 25.2 Å². The minimum Gasteiger partial charge on any atom is -0.357 e. The van der Waals surface area contributed by atoms with Crippen molar-refractivity contribution in [3.05, 3.63) is 53.9 Å². The molecule has 1 aliphatic heterocycles. The molecule has 130 valence electrons. The zero-order chi connectivity index (χ0) is 17.8. The molecule has 1 aromatic carbocycles. The maximum atomic E-state index is 12.2. The molecular weight excluding hydrogens is 320 g/mol. The molecule has 1 aromatic heterocycles. The summed E-state index contributed by atoms with van der Waals surface area (Å²) >= 11 is 0. The van der Waals surface area contributed by atoms with Crippen molar-refractivity contribution in [2.45, 2.75) is 19.8 Å². The second-order valence-corrected chi connectivity index (χ2v) is 5.95. The van der Waals surface area contributed by atoms with Gasteiger partial charge >= 0.3 is 0 Å². The summed E-state index contributed by atoms with van der Waals surface area (Å²) in [5, 5.41) is 0. The number of H-pyrrole nitrogens is 1. The molecule has 3 rings (SSSR count). The third kappa shape index (κ3) is 3.71. The number of amides is 3. The van der Waals surface area contributed by atoms with Crippen LogP contribution in [0.2, 0.25) is 0 Å². The number of carbonyl (C=O) groups is 3. The van der Waals surface area contributed by atoms with E-state index in [1.807, 2.05) is 24.3 Å². The zero-order valence-electron chi connectivity index (χ0n) is 13.9. The summed E-state index contributed by atoms with van der Waals surface area (Å²) in [5.74, 6) is -1.40. The quantitative estimate of drug-likeness (QED) is 0.734. The number of aryl methyl sites for hydroxylation is 1. The highest BCUT2D eigenvalue weighted by Crippen LogP contribution is 2.25. The SMILES string of the molecule is CCc1ccc(N2CC(C(=O)NNC(=O)c3ccc[nH]3)CC2=O)cc1. The standard InChI is InChI=1S/C18H20N4O3/c1-2-12-5-7-14(8-6-12)22-11-13(10-16(22)23)17(24)20-21-18(25)15-4-3-9-19-15/h3-9,13,19H,2,10-11H2,1H3,(H,20,24)(H,21,25). The van der Waals surface area contributed by atoms with Crippen LogP contribution in [-0.4, -0.2) is 29.3 Å². The molecule has 0 radical (unpaired) electrons. The summed E-state index contributed by atoms with van der Waals surface area (Å²) in [6, 6.07) is 11.0. The maximum absolute atomic E-state index is 12.2. The molecule has 1 atom stereocenters. The van der Waals surface area contributed by atoms with Crippen molar-refractivity contribution in [2.75, 3.05) is 11.4 Å². The third-order valence-corrected chi connectivity index (χ3v) is 4.29. The number of hydrazine groups is 1. The van der Waals surface area contributed by atoms with Crippen LogP contribution < -0.4 is 15.8 Å². The molecular formula is C18H20N4O3. The molecule has 0 saturated carbocycles. The molecule has 7 heteroatoms. The van der Waals surface area contributed by atoms with E-state index in [-0.39, 0.29) is 18.2 Å². The monoisotopic (exact) mass is 340 g/mol. The molecule has 0 bridgehead atoms. The normalized spacial score (nSPS) is 16.8. The van der Waals surface area contributed by atoms with E-state index >= 15 is 0 Å². The molecule has 7 nitrogen and oxygen atoms in total. The highest BCUT2D eigenvalue weighted by atomic mass is 16.2. The van der Waals surface area contributed by atoms with Crippen LogP contribution in [0.4, 0.5) is 5.69 Å². The predicted molar refractivity (Wildman–Crippen MR) is 92.7 cm³/mol. The van der Waals surface area contributed by atoms with Gasteiger partial charge in [-0.1, -0.05) is 19.1 Å². The van der Waals surface area contributed by atoms with Crippen molar-refractivity contribution in [3.8, 4) is 0 Å². The third-order valence-electron chi connectivity index (χ3n) is 4.29. The lowest BCUT2D eigenvalue weighted by Crippen LogP contribution is -2.45. The lowest BCUT2D eigenvalue weighted by atomic mass is 10.1. The van der Waals surface area contributed by atoms with Crippen molar-refractivity contribution < 1.29 is 14.4 Å². The summed E-state index contributed by atoms with van der Waals surface area (Å²) in [6.45, 7) is 2.37. The summed E-state index contributed by atoms with van der Waals surface area (Å²) in [4.78, 5) is 40.6. The minimum absolute atomic E-state index is 0.0971. The second kappa shape index (κ2) is 7.21. The largest absolute Gasteiger partial charge is 0.357 e. The first-order valence-electron chi connectivity index (χ1n) is 8.21. The van der Waals surface area contributed by atoms with E-state index in [1.165, 1.54) is 5.56 Å². The number of aromatic nitrogens is 1. The van der Waals surface area contributed by atoms with Gasteiger partial charge in [0.05, 0.1) is 5.92 Å². The smallest absolute Gasteiger partial charge is 0.286 e. The number of benzene rings is 1. The van der Waals surface area contributed by atoms with Gasteiger partial charge in [-0.2, -0.15) is 0 Å². The van der Waals surface area contributed by atoms with Gasteiger partial charge in [0.1, 0.15) is 5.69 Å². The molecule has 1 aliphatic rings. The fourth-order valence-electron chi connectivity index (χ4n) is 2.80. The van der Waals surface area contributed by atoms with E-state index in [4.69, 9.17) is 0 Å². The number of aromatic amines is 1. The van der Waals surface area contributed by atoms with Crippen molar-refractivity contribution in [1.82, 2.24) is 15.8 Å². The van der Waals surface area contributed by atoms with Crippen molar-refractivity contribution in [1.29, 1.82) is 0 Å². The first kappa shape index (κ1) is 16.8. The van der Waals surface area contributed by atoms with E-state index < -0.39 is 11.8 Å². The molecule has 0 spiro atoms. The van der Waals surface area contributed by atoms with Gasteiger partial charge in [-0.15, -0.1) is 0 Å². The zero-order valence-corrected chi connectivity index (χ0v) is 13.9. The Labute approximate surface area is 145 Å². The van der Waals surface area contributed by atoms with Crippen LogP contribution >= 0.6 is 0 Å². The summed E-state index contributed by atoms with van der Waals surface area (Å²) in [6.07, 6.45) is 2.67. The molecule has 1 unspecified atom stereocenters. The van der Waals surface area contributed by atoms with E-state index in [0.29, 0.717) is 12.2 Å². The number of nitrogens with one attached hydrogen (secondary N) is 3. The van der Waals surface area contributed by atoms with Crippen molar-refractivity contribution >= 4 is 23.4 Å². The molecule has 3 N–H and O–H groups in total. The van der Waals surface area contributed by atoms with E-state index in [2.05, 4.69) is 22.8 Å². The van der Waals surface area contributed by atoms with Crippen molar-refractivity contribution in [2.24, 2.45) is 5.92 Å². The van der Waals surface area contributed by atoms with Crippen LogP contribution in [0.25, 0.3) is 0 Å². The van der Waals surface area contributed by atoms with Crippen LogP contribution in [0.15, 0.2) is 42.6 Å². The Morgan fingerprint density at radius 2 is 1.96 bits per heavy atom. The van der Waals surface area contributed by atoms with Gasteiger partial charge in [0.25, 0.3) is 5.91 Å². The highest BCUT2D eigenvalue weighted by molar-refractivity contribution is 6.01. The number of hydrogen-bond donors (Lipinski definition) is 3. The van der Waals surface area contributed by atoms with Gasteiger partial charge in [0.15, 0.2) is 0 Å². The lowest BCUT2D eigenvalue weighted by molar-refractivity contribution is -0.126. The van der Waals surface area contributed by atoms with Gasteiger partial charge in [-0.25, -0.2) is 0 Å². The van der Waals surface area contributed by atoms with Gasteiger partial charge < -0.3 is 9.88 Å². The fourth-order valence-corrected chi connectivity index (χ4v) is 2.80. The number of anilines is 1. The molecule has 3 amide bonds. The first-order chi connectivity index (χ1) is 12.1. The molecule has 0 aliphatic carbocycles. The maximum Gasteiger partial charge on any atom is 0.286 e. The van der Waals surface area contributed by atoms with Gasteiger partial charge in [-0.05, 0) is 36.2 Å². The van der Waals surface area contributed by atoms with Crippen LogP contribution in [0.5, 0.6) is 0 Å². The topological polar surface area (TPSA) is 94.3 Å². The van der Waals surface area contributed by atoms with Crippen LogP contribution in [0, 0.1) is 5.92 Å². The summed E-state index contributed by atoms with van der Waals surface area (Å²) in [5.41, 5.74) is 7.06. The first-order valence-corrected chi connectivity index (χ1v) is 8.21. The number of carbonyl (C=O) groups excluding carboxylic acids is 3. The number of rotatable bonds is 4. The Bertz CT molecular complexity index is 768. The Morgan fingerprint density at radius 1 is 1.20 bits per heavy atom. The average Bonchev–Trinajstić information content (AvgIpc) is 3.29. The predicted octanol–water partition coefficient (Wildman–Crippen LogP) is 1.39. The van der Waals surface area contributed by atoms with E-state index in [1.54, 1.807) is 23.2 Å². The van der Waals surface area contributed by atoms with E-state index in [9.17, 15) is 14.4 Å². The number of nitrogens with zero attached hydrogens (tertiary/aromatic N) is 1. The minimum atomic E-state index is -0.498. The average molecular weight is 340 g/mol. The Morgan fingerprint density at radius 3 is 2.60 bits per heavy atom. The van der Waals surface area contributed by atoms with Crippen molar-refractivity contribution in [3.63, 3.8) is 0 Å². The van der Waals surface area contributed by atoms with Gasteiger partial charge in [0.2, 0.25) is 11.8 Å². The Kier molecular flexibility index (Phi) is 4.83. The van der Waals surface area contributed by atoms with Crippen LogP contribution in [0.3, 0.4) is 0 Å². The molecule has 2 aromatic rings. The Balaban J connectivity index is 1.57. The molecule has 1 fully saturated rings. The molecule has 25 heavy (non-hydrogen) atoms. The van der Waals surface area contributed by atoms with Crippen LogP contribution in [0.1, 0.15) is 29.4 Å².